The van der Waals surface area contributed by atoms with Crippen LogP contribution in [0.2, 0.25) is 0 Å². The van der Waals surface area contributed by atoms with Crippen molar-refractivity contribution in [2.75, 3.05) is 26.6 Å². The standard InChI is InChI=1S/C17H21N3O3/c1-21-14-9-7-13(8-10-14)20-17(18)19-11-12-5-4-6-15(22-2)16(12)23-3/h4-10H,11H2,1-3H3,(H3,18,19,20). The molecule has 0 radical (unpaired) electrons. The normalized spacial score (nSPS) is 11.0. The lowest BCUT2D eigenvalue weighted by molar-refractivity contribution is 0.352. The van der Waals surface area contributed by atoms with E-state index in [2.05, 4.69) is 10.3 Å². The maximum atomic E-state index is 5.92. The Morgan fingerprint density at radius 2 is 1.74 bits per heavy atom. The lowest BCUT2D eigenvalue weighted by atomic mass is 10.2. The minimum Gasteiger partial charge on any atom is -0.497 e. The number of guanidine groups is 1. The Balaban J connectivity index is 2.07. The summed E-state index contributed by atoms with van der Waals surface area (Å²) in [6, 6.07) is 13.1. The van der Waals surface area contributed by atoms with Gasteiger partial charge in [0.2, 0.25) is 0 Å². The fraction of sp³-hybridized carbons (Fsp3) is 0.235. The number of hydrogen-bond donors (Lipinski definition) is 2. The van der Waals surface area contributed by atoms with Gasteiger partial charge in [0, 0.05) is 11.3 Å². The molecular formula is C17H21N3O3. The van der Waals surface area contributed by atoms with Gasteiger partial charge in [-0.3, -0.25) is 0 Å². The molecule has 2 aromatic carbocycles. The SMILES string of the molecule is COc1ccc(NC(N)=NCc2cccc(OC)c2OC)cc1. The van der Waals surface area contributed by atoms with E-state index in [9.17, 15) is 0 Å². The fourth-order valence-corrected chi connectivity index (χ4v) is 2.11. The predicted molar refractivity (Wildman–Crippen MR) is 91.5 cm³/mol. The molecule has 0 aromatic heterocycles. The minimum atomic E-state index is 0.319. The molecule has 0 unspecified atom stereocenters. The second-order valence-electron chi connectivity index (χ2n) is 4.71. The smallest absolute Gasteiger partial charge is 0.193 e. The molecule has 0 saturated heterocycles. The molecule has 23 heavy (non-hydrogen) atoms. The van der Waals surface area contributed by atoms with Crippen molar-refractivity contribution in [3.8, 4) is 17.2 Å². The molecule has 0 atom stereocenters. The Morgan fingerprint density at radius 1 is 1.00 bits per heavy atom. The molecule has 0 saturated carbocycles. The van der Waals surface area contributed by atoms with Crippen LogP contribution in [0.15, 0.2) is 47.5 Å². The van der Waals surface area contributed by atoms with Crippen molar-refractivity contribution in [2.24, 2.45) is 10.7 Å². The highest BCUT2D eigenvalue weighted by atomic mass is 16.5. The lowest BCUT2D eigenvalue weighted by Gasteiger charge is -2.11. The third kappa shape index (κ3) is 4.29. The molecule has 0 fully saturated rings. The number of anilines is 1. The molecule has 6 nitrogen and oxygen atoms in total. The number of rotatable bonds is 6. The molecule has 0 aliphatic rings. The first-order chi connectivity index (χ1) is 11.2. The summed E-state index contributed by atoms with van der Waals surface area (Å²) >= 11 is 0. The van der Waals surface area contributed by atoms with Crippen LogP contribution in [0.1, 0.15) is 5.56 Å². The number of hydrogen-bond acceptors (Lipinski definition) is 4. The van der Waals surface area contributed by atoms with Crippen molar-refractivity contribution in [3.63, 3.8) is 0 Å². The number of nitrogens with zero attached hydrogens (tertiary/aromatic N) is 1. The van der Waals surface area contributed by atoms with Crippen LogP contribution in [0.4, 0.5) is 5.69 Å². The number of aliphatic imine (C=N–C) groups is 1. The largest absolute Gasteiger partial charge is 0.497 e. The van der Waals surface area contributed by atoms with Gasteiger partial charge in [0.25, 0.3) is 0 Å². The molecule has 3 N–H and O–H groups in total. The summed E-state index contributed by atoms with van der Waals surface area (Å²) in [5.74, 6) is 2.44. The number of para-hydroxylation sites is 1. The number of methoxy groups -OCH3 is 3. The predicted octanol–water partition coefficient (Wildman–Crippen LogP) is 2.64. The number of ether oxygens (including phenoxy) is 3. The van der Waals surface area contributed by atoms with Gasteiger partial charge in [0.15, 0.2) is 17.5 Å². The van der Waals surface area contributed by atoms with Crippen molar-refractivity contribution in [1.82, 2.24) is 0 Å². The van der Waals surface area contributed by atoms with Gasteiger partial charge in [-0.25, -0.2) is 4.99 Å². The van der Waals surface area contributed by atoms with E-state index in [1.54, 1.807) is 21.3 Å². The summed E-state index contributed by atoms with van der Waals surface area (Å²) in [6.07, 6.45) is 0. The first-order valence-corrected chi connectivity index (χ1v) is 7.08. The van der Waals surface area contributed by atoms with Gasteiger partial charge in [-0.1, -0.05) is 12.1 Å². The Bertz CT molecular complexity index is 669. The fourth-order valence-electron chi connectivity index (χ4n) is 2.11. The third-order valence-electron chi connectivity index (χ3n) is 3.27. The highest BCUT2D eigenvalue weighted by Crippen LogP contribution is 2.31. The second kappa shape index (κ2) is 7.93. The number of nitrogens with two attached hydrogens (primary N) is 1. The molecule has 6 heteroatoms. The molecule has 0 aliphatic carbocycles. The second-order valence-corrected chi connectivity index (χ2v) is 4.71. The van der Waals surface area contributed by atoms with Crippen LogP contribution in [0, 0.1) is 0 Å². The molecule has 0 aliphatic heterocycles. The summed E-state index contributed by atoms with van der Waals surface area (Å²) in [5, 5.41) is 3.03. The highest BCUT2D eigenvalue weighted by molar-refractivity contribution is 5.92. The Kier molecular flexibility index (Phi) is 5.68. The first kappa shape index (κ1) is 16.5. The molecule has 0 heterocycles. The Labute approximate surface area is 135 Å². The minimum absolute atomic E-state index is 0.319. The molecule has 122 valence electrons. The van der Waals surface area contributed by atoms with Crippen molar-refractivity contribution in [3.05, 3.63) is 48.0 Å². The van der Waals surface area contributed by atoms with E-state index in [1.165, 1.54) is 0 Å². The van der Waals surface area contributed by atoms with E-state index in [0.717, 1.165) is 17.0 Å². The van der Waals surface area contributed by atoms with Crippen LogP contribution in [-0.4, -0.2) is 27.3 Å². The van der Waals surface area contributed by atoms with E-state index in [-0.39, 0.29) is 0 Å². The summed E-state index contributed by atoms with van der Waals surface area (Å²) in [5.41, 5.74) is 7.65. The highest BCUT2D eigenvalue weighted by Gasteiger charge is 2.08. The monoisotopic (exact) mass is 315 g/mol. The van der Waals surface area contributed by atoms with Gasteiger partial charge in [0.05, 0.1) is 27.9 Å². The van der Waals surface area contributed by atoms with Crippen molar-refractivity contribution in [2.45, 2.75) is 6.54 Å². The summed E-state index contributed by atoms with van der Waals surface area (Å²) < 4.78 is 15.8. The van der Waals surface area contributed by atoms with Crippen molar-refractivity contribution < 1.29 is 14.2 Å². The maximum absolute atomic E-state index is 5.92. The van der Waals surface area contributed by atoms with Crippen LogP contribution >= 0.6 is 0 Å². The zero-order chi connectivity index (χ0) is 16.7. The number of benzene rings is 2. The average Bonchev–Trinajstić information content (AvgIpc) is 2.60. The van der Waals surface area contributed by atoms with E-state index in [0.29, 0.717) is 24.0 Å². The quantitative estimate of drug-likeness (QED) is 0.633. The summed E-state index contributed by atoms with van der Waals surface area (Å²) in [7, 11) is 4.83. The van der Waals surface area contributed by atoms with Crippen LogP contribution in [0.25, 0.3) is 0 Å². The van der Waals surface area contributed by atoms with Gasteiger partial charge >= 0.3 is 0 Å². The summed E-state index contributed by atoms with van der Waals surface area (Å²) in [4.78, 5) is 4.33. The maximum Gasteiger partial charge on any atom is 0.193 e. The van der Waals surface area contributed by atoms with E-state index in [4.69, 9.17) is 19.9 Å². The third-order valence-corrected chi connectivity index (χ3v) is 3.27. The first-order valence-electron chi connectivity index (χ1n) is 7.08. The van der Waals surface area contributed by atoms with Crippen molar-refractivity contribution in [1.29, 1.82) is 0 Å². The van der Waals surface area contributed by atoms with E-state index < -0.39 is 0 Å². The lowest BCUT2D eigenvalue weighted by Crippen LogP contribution is -2.22. The Hall–Kier alpha value is -2.89. The topological polar surface area (TPSA) is 78.1 Å². The van der Waals surface area contributed by atoms with Crippen LogP contribution in [-0.2, 0) is 6.54 Å². The molecule has 2 rings (SSSR count). The van der Waals surface area contributed by atoms with Gasteiger partial charge < -0.3 is 25.3 Å². The number of nitrogens with one attached hydrogen (secondary N) is 1. The zero-order valence-corrected chi connectivity index (χ0v) is 13.5. The van der Waals surface area contributed by atoms with Crippen molar-refractivity contribution >= 4 is 11.6 Å². The average molecular weight is 315 g/mol. The summed E-state index contributed by atoms with van der Waals surface area (Å²) in [6.45, 7) is 0.384. The van der Waals surface area contributed by atoms with Crippen LogP contribution < -0.4 is 25.3 Å². The van der Waals surface area contributed by atoms with Crippen LogP contribution in [0.5, 0.6) is 17.2 Å². The van der Waals surface area contributed by atoms with Gasteiger partial charge in [0.1, 0.15) is 5.75 Å². The zero-order valence-electron chi connectivity index (χ0n) is 13.5. The van der Waals surface area contributed by atoms with Gasteiger partial charge in [-0.05, 0) is 30.3 Å². The molecule has 0 amide bonds. The molecule has 2 aromatic rings. The Morgan fingerprint density at radius 3 is 2.35 bits per heavy atom. The van der Waals surface area contributed by atoms with Gasteiger partial charge in [-0.2, -0.15) is 0 Å². The van der Waals surface area contributed by atoms with Gasteiger partial charge in [-0.15, -0.1) is 0 Å². The van der Waals surface area contributed by atoms with Crippen LogP contribution in [0.3, 0.4) is 0 Å². The molecule has 0 bridgehead atoms. The molecular weight excluding hydrogens is 294 g/mol. The van der Waals surface area contributed by atoms with E-state index in [1.807, 2.05) is 42.5 Å². The molecule has 0 spiro atoms. The van der Waals surface area contributed by atoms with E-state index >= 15 is 0 Å².